The Morgan fingerprint density at radius 2 is 0.919 bits per heavy atom. The van der Waals surface area contributed by atoms with Crippen LogP contribution in [-0.2, 0) is 43.0 Å². The monoisotopic (exact) mass is 1030 g/mol. The topological polar surface area (TPSA) is 197 Å². The highest BCUT2D eigenvalue weighted by Crippen LogP contribution is 2.44. The molecule has 0 saturated carbocycles. The van der Waals surface area contributed by atoms with Gasteiger partial charge in [0, 0.05) is 97.1 Å². The molecule has 4 aromatic carbocycles. The van der Waals surface area contributed by atoms with Crippen molar-refractivity contribution >= 4 is 63.3 Å². The summed E-state index contributed by atoms with van der Waals surface area (Å²) in [7, 11) is -2.00. The fourth-order valence-electron chi connectivity index (χ4n) is 11.5. The molecule has 2 unspecified atom stereocenters. The van der Waals surface area contributed by atoms with Crippen LogP contribution < -0.4 is 0 Å². The third-order valence-electron chi connectivity index (χ3n) is 14.9. The zero-order chi connectivity index (χ0) is 51.5. The normalized spacial score (nSPS) is 17.3. The maximum atomic E-state index is 12.8. The third kappa shape index (κ3) is 9.07. The molecule has 2 fully saturated rings. The molecule has 0 amide bonds. The lowest BCUT2D eigenvalue weighted by Crippen LogP contribution is -2.27. The van der Waals surface area contributed by atoms with Gasteiger partial charge in [-0.15, -0.1) is 10.2 Å². The minimum absolute atomic E-state index is 0.0294. The fraction of sp³-hybridized carbons (Fsp3) is 0.321. The van der Waals surface area contributed by atoms with Crippen molar-refractivity contribution in [3.8, 4) is 22.5 Å². The van der Waals surface area contributed by atoms with E-state index >= 15 is 0 Å². The van der Waals surface area contributed by atoms with Gasteiger partial charge in [0.15, 0.2) is 0 Å². The molecule has 10 aromatic rings. The van der Waals surface area contributed by atoms with Crippen LogP contribution in [0.5, 0.6) is 0 Å². The van der Waals surface area contributed by atoms with Gasteiger partial charge in [-0.25, -0.2) is 27.3 Å². The van der Waals surface area contributed by atoms with Gasteiger partial charge < -0.3 is 18.6 Å². The number of ether oxygens (including phenoxy) is 2. The van der Waals surface area contributed by atoms with E-state index in [0.717, 1.165) is 130 Å². The van der Waals surface area contributed by atoms with Crippen molar-refractivity contribution in [2.75, 3.05) is 38.9 Å². The predicted octanol–water partition coefficient (Wildman–Crippen LogP) is 10.7. The van der Waals surface area contributed by atoms with Crippen LogP contribution in [0, 0.1) is 35.2 Å². The maximum absolute atomic E-state index is 12.8. The van der Waals surface area contributed by atoms with Crippen LogP contribution in [0.3, 0.4) is 0 Å². The van der Waals surface area contributed by atoms with Crippen LogP contribution in [0.15, 0.2) is 131 Å². The number of benzene rings is 4. The van der Waals surface area contributed by atoms with E-state index in [1.807, 2.05) is 76.7 Å². The Hall–Kier alpha value is -7.12. The first kappa shape index (κ1) is 49.1. The summed E-state index contributed by atoms with van der Waals surface area (Å²) in [6.07, 6.45) is 10.5. The van der Waals surface area contributed by atoms with Crippen molar-refractivity contribution < 1.29 is 17.9 Å². The molecule has 0 spiro atoms. The summed E-state index contributed by atoms with van der Waals surface area (Å²) in [6.45, 7) is 6.83. The highest BCUT2D eigenvalue weighted by atomic mass is 32.2. The van der Waals surface area contributed by atoms with Crippen LogP contribution >= 0.6 is 0 Å². The zero-order valence-electron chi connectivity index (χ0n) is 42.4. The molecule has 4 atom stereocenters. The van der Waals surface area contributed by atoms with Crippen molar-refractivity contribution in [1.29, 1.82) is 9.56 Å². The molecular weight excluding hydrogens is 969 g/mol. The molecule has 2 aliphatic rings. The van der Waals surface area contributed by atoms with Gasteiger partial charge >= 0.3 is 0 Å². The highest BCUT2D eigenvalue weighted by molar-refractivity contribution is 7.92. The first-order valence-corrected chi connectivity index (χ1v) is 28.9. The van der Waals surface area contributed by atoms with Gasteiger partial charge in [0.1, 0.15) is 0 Å². The number of aryl methyl sites for hydroxylation is 4. The molecule has 8 heterocycles. The van der Waals surface area contributed by atoms with E-state index in [-0.39, 0.29) is 12.1 Å². The predicted molar refractivity (Wildman–Crippen MR) is 290 cm³/mol. The van der Waals surface area contributed by atoms with Gasteiger partial charge in [0.2, 0.25) is 0 Å². The molecule has 2 N–H and O–H groups in total. The molecule has 12 rings (SSSR count). The SMILES string of the molecule is Cc1nnn(C)c1-c1cnc2c3ccc(S(C)(=N)=O)cc3n([C@H](c3ccccc3)C3CCOCC3)c2c1.Cc1nnn(C)c1-c1cnc2c3ccc(S(C)(=N)=O)cc3n([C@H](c3ccccc3)C3CCOCC3)c2c1. The molecular formula is C56H60N12O4S2. The minimum atomic E-state index is -2.89. The van der Waals surface area contributed by atoms with E-state index in [1.165, 1.54) is 23.6 Å². The van der Waals surface area contributed by atoms with E-state index in [9.17, 15) is 8.42 Å². The highest BCUT2D eigenvalue weighted by Gasteiger charge is 2.33. The summed E-state index contributed by atoms with van der Waals surface area (Å²) in [5.41, 5.74) is 13.5. The van der Waals surface area contributed by atoms with Gasteiger partial charge in [-0.2, -0.15) is 0 Å². The van der Waals surface area contributed by atoms with E-state index in [0.29, 0.717) is 21.6 Å². The number of nitrogens with zero attached hydrogens (tertiary/aromatic N) is 10. The molecule has 0 bridgehead atoms. The van der Waals surface area contributed by atoms with Crippen molar-refractivity contribution in [2.24, 2.45) is 25.9 Å². The number of rotatable bonds is 10. The molecule has 380 valence electrons. The van der Waals surface area contributed by atoms with Gasteiger partial charge in [0.05, 0.1) is 87.4 Å². The lowest BCUT2D eigenvalue weighted by Gasteiger charge is -2.33. The second kappa shape index (κ2) is 19.6. The summed E-state index contributed by atoms with van der Waals surface area (Å²) in [5, 5.41) is 18.9. The first-order chi connectivity index (χ1) is 35.7. The van der Waals surface area contributed by atoms with E-state index in [1.54, 1.807) is 21.5 Å². The Balaban J connectivity index is 0.000000159. The molecule has 0 aliphatic carbocycles. The van der Waals surface area contributed by atoms with Crippen molar-refractivity contribution in [3.63, 3.8) is 0 Å². The second-order valence-electron chi connectivity index (χ2n) is 19.9. The van der Waals surface area contributed by atoms with Gasteiger partial charge in [-0.3, -0.25) is 9.97 Å². The second-order valence-corrected chi connectivity index (χ2v) is 24.2. The summed E-state index contributed by atoms with van der Waals surface area (Å²) >= 11 is 0. The third-order valence-corrected chi connectivity index (χ3v) is 17.2. The summed E-state index contributed by atoms with van der Waals surface area (Å²) in [6, 6.07) is 36.9. The minimum Gasteiger partial charge on any atom is -0.381 e. The van der Waals surface area contributed by atoms with Gasteiger partial charge in [-0.05, 0) is 111 Å². The van der Waals surface area contributed by atoms with E-state index < -0.39 is 19.5 Å². The summed E-state index contributed by atoms with van der Waals surface area (Å²) in [4.78, 5) is 10.9. The Morgan fingerprint density at radius 3 is 1.26 bits per heavy atom. The lowest BCUT2D eigenvalue weighted by atomic mass is 9.86. The van der Waals surface area contributed by atoms with Crippen molar-refractivity contribution in [1.82, 2.24) is 49.1 Å². The molecule has 2 aliphatic heterocycles. The Morgan fingerprint density at radius 1 is 0.541 bits per heavy atom. The van der Waals surface area contributed by atoms with Crippen LogP contribution in [0.25, 0.3) is 66.4 Å². The summed E-state index contributed by atoms with van der Waals surface area (Å²) < 4.78 is 61.9. The molecule has 6 aromatic heterocycles. The Bertz CT molecular complexity index is 3650. The van der Waals surface area contributed by atoms with Gasteiger partial charge in [-0.1, -0.05) is 71.1 Å². The number of hydrogen-bond acceptors (Lipinski definition) is 12. The standard InChI is InChI=1S/2C28H30N6O2S/c2*1-18-27(33(2)32-31-18)21-15-25-26(30-17-21)23-10-9-22(37(3,29)35)16-24(23)34(25)28(19-7-5-4-6-8-19)20-11-13-36-14-12-20/h2*4-10,15-17,20,28-29H,11-14H2,1-3H3/t2*28-,37?/m11/s1. The van der Waals surface area contributed by atoms with Crippen LogP contribution in [0.4, 0.5) is 0 Å². The van der Waals surface area contributed by atoms with Crippen molar-refractivity contribution in [3.05, 3.63) is 144 Å². The molecule has 74 heavy (non-hydrogen) atoms. The lowest BCUT2D eigenvalue weighted by molar-refractivity contribution is 0.0552. The van der Waals surface area contributed by atoms with Crippen LogP contribution in [-0.4, -0.2) is 96.4 Å². The first-order valence-electron chi connectivity index (χ1n) is 25.0. The van der Waals surface area contributed by atoms with Gasteiger partial charge in [0.25, 0.3) is 0 Å². The molecule has 18 heteroatoms. The van der Waals surface area contributed by atoms with E-state index in [2.05, 4.69) is 90.4 Å². The number of aromatic nitrogens is 10. The molecule has 0 radical (unpaired) electrons. The Labute approximate surface area is 430 Å². The number of hydrogen-bond donors (Lipinski definition) is 2. The number of pyridine rings is 2. The average molecular weight is 1030 g/mol. The Kier molecular flexibility index (Phi) is 13.0. The van der Waals surface area contributed by atoms with E-state index in [4.69, 9.17) is 29.0 Å². The number of fused-ring (bicyclic) bond motifs is 6. The largest absolute Gasteiger partial charge is 0.381 e. The van der Waals surface area contributed by atoms with Crippen LogP contribution in [0.2, 0.25) is 0 Å². The van der Waals surface area contributed by atoms with Crippen LogP contribution in [0.1, 0.15) is 60.3 Å². The summed E-state index contributed by atoms with van der Waals surface area (Å²) in [5.74, 6) is 0.703. The van der Waals surface area contributed by atoms with Crippen molar-refractivity contribution in [2.45, 2.75) is 61.4 Å². The smallest absolute Gasteiger partial charge is 0.0960 e. The fourth-order valence-corrected chi connectivity index (χ4v) is 12.8. The number of nitrogens with one attached hydrogen (secondary N) is 2. The maximum Gasteiger partial charge on any atom is 0.0960 e. The molecule has 16 nitrogen and oxygen atoms in total. The zero-order valence-corrected chi connectivity index (χ0v) is 44.1. The average Bonchev–Trinajstić information content (AvgIpc) is 4.14. The quantitative estimate of drug-likeness (QED) is 0.133. The molecule has 2 saturated heterocycles.